The molecule has 0 aromatic carbocycles. The van der Waals surface area contributed by atoms with Gasteiger partial charge >= 0.3 is 15.6 Å². The van der Waals surface area contributed by atoms with Crippen molar-refractivity contribution in [3.05, 3.63) is 0 Å². The minimum absolute atomic E-state index is 0.300. The molecule has 0 amide bonds. The van der Waals surface area contributed by atoms with Crippen LogP contribution in [0.3, 0.4) is 0 Å². The Morgan fingerprint density at radius 3 is 2.14 bits per heavy atom. The quantitative estimate of drug-likeness (QED) is 0.176. The highest BCUT2D eigenvalue weighted by Gasteiger charge is 2.48. The number of aliphatic hydroxyl groups excluding tert-OH is 1. The molecule has 0 aromatic rings. The molecule has 0 saturated carbocycles. The number of ether oxygens (including phenoxy) is 2. The van der Waals surface area contributed by atoms with Crippen molar-refractivity contribution in [2.75, 3.05) is 13.7 Å². The van der Waals surface area contributed by atoms with Gasteiger partial charge in [-0.05, 0) is 18.8 Å². The average Bonchev–Trinajstić information content (AvgIpc) is 3.28. The minimum atomic E-state index is -4.67. The normalized spacial score (nSPS) is 36.3. The molecule has 2 fully saturated rings. The van der Waals surface area contributed by atoms with Crippen LogP contribution in [0, 0.1) is 11.8 Å². The Balaban J connectivity index is 2.04. The highest BCUT2D eigenvalue weighted by molar-refractivity contribution is 7.47. The molecule has 37 heavy (non-hydrogen) atoms. The molecule has 3 N–H and O–H groups in total. The van der Waals surface area contributed by atoms with Crippen LogP contribution in [0.25, 0.3) is 0 Å². The van der Waals surface area contributed by atoms with Gasteiger partial charge in [0.2, 0.25) is 0 Å². The summed E-state index contributed by atoms with van der Waals surface area (Å²) in [6, 6.07) is -1.91. The number of aliphatic hydroxyl groups is 1. The van der Waals surface area contributed by atoms with Crippen molar-refractivity contribution >= 4 is 31.3 Å². The lowest BCUT2D eigenvalue weighted by Crippen LogP contribution is -2.36. The molecule has 4 radical (unpaired) electrons. The van der Waals surface area contributed by atoms with Crippen LogP contribution in [0.1, 0.15) is 72.1 Å². The van der Waals surface area contributed by atoms with Crippen LogP contribution in [0.5, 0.6) is 0 Å². The first-order chi connectivity index (χ1) is 17.4. The SMILES string of the molecule is [B][C@@H]1O[C@H](COP(=O)(O)OC2[C@@H](CC)O[C@@H]([B])[C@H]2CC[C@@H](CCC)CCCC)C(OP(=O)(O)OC)[C@@H]1O. The Kier molecular flexibility index (Phi) is 13.8. The van der Waals surface area contributed by atoms with E-state index in [9.17, 15) is 24.0 Å². The van der Waals surface area contributed by atoms with Crippen LogP contribution in [0.4, 0.5) is 0 Å². The van der Waals surface area contributed by atoms with Crippen molar-refractivity contribution in [3.8, 4) is 0 Å². The number of phosphoric ester groups is 2. The van der Waals surface area contributed by atoms with Gasteiger partial charge in [-0.2, -0.15) is 0 Å². The Morgan fingerprint density at radius 2 is 1.54 bits per heavy atom. The highest BCUT2D eigenvalue weighted by atomic mass is 31.2. The molecule has 2 saturated heterocycles. The molecule has 0 aliphatic carbocycles. The van der Waals surface area contributed by atoms with Gasteiger partial charge < -0.3 is 24.4 Å². The van der Waals surface area contributed by atoms with Gasteiger partial charge in [-0.1, -0.05) is 59.3 Å². The molecule has 0 spiro atoms. The molecule has 2 aliphatic rings. The van der Waals surface area contributed by atoms with Crippen molar-refractivity contribution in [1.82, 2.24) is 0 Å². The fourth-order valence-electron chi connectivity index (χ4n) is 4.99. The summed E-state index contributed by atoms with van der Waals surface area (Å²) in [4.78, 5) is 20.1. The maximum atomic E-state index is 12.9. The van der Waals surface area contributed by atoms with Gasteiger partial charge in [0.1, 0.15) is 40.1 Å². The Hall–Kier alpha value is 0.230. The summed E-state index contributed by atoms with van der Waals surface area (Å²) >= 11 is 0. The third-order valence-corrected chi connectivity index (χ3v) is 8.99. The highest BCUT2D eigenvalue weighted by Crippen LogP contribution is 2.51. The van der Waals surface area contributed by atoms with Gasteiger partial charge in [0.25, 0.3) is 0 Å². The first kappa shape index (κ1) is 33.4. The molecule has 4 unspecified atom stereocenters. The summed E-state index contributed by atoms with van der Waals surface area (Å²) in [6.45, 7) is 5.59. The Morgan fingerprint density at radius 1 is 0.892 bits per heavy atom. The lowest BCUT2D eigenvalue weighted by Gasteiger charge is -2.28. The fraction of sp³-hybridized carbons (Fsp3) is 1.00. The zero-order valence-corrected chi connectivity index (χ0v) is 24.0. The van der Waals surface area contributed by atoms with Crippen molar-refractivity contribution in [2.24, 2.45) is 11.8 Å². The molecular weight excluding hydrogens is 524 g/mol. The lowest BCUT2D eigenvalue weighted by molar-refractivity contribution is -0.0221. The monoisotopic (exact) mass is 566 g/mol. The van der Waals surface area contributed by atoms with E-state index in [0.29, 0.717) is 18.8 Å². The summed E-state index contributed by atoms with van der Waals surface area (Å²) in [7, 11) is 3.68. The van der Waals surface area contributed by atoms with Crippen molar-refractivity contribution in [1.29, 1.82) is 0 Å². The molecule has 11 atom stereocenters. The van der Waals surface area contributed by atoms with Gasteiger partial charge in [-0.15, -0.1) is 0 Å². The fourth-order valence-corrected chi connectivity index (χ4v) is 6.64. The third kappa shape index (κ3) is 9.98. The molecule has 0 aromatic heterocycles. The predicted molar refractivity (Wildman–Crippen MR) is 138 cm³/mol. The van der Waals surface area contributed by atoms with E-state index in [1.54, 1.807) is 0 Å². The third-order valence-electron chi connectivity index (χ3n) is 7.03. The summed E-state index contributed by atoms with van der Waals surface area (Å²) in [5.41, 5.74) is 0. The van der Waals surface area contributed by atoms with Crippen LogP contribution in [-0.4, -0.2) is 86.8 Å². The number of hydrogen-bond donors (Lipinski definition) is 3. The zero-order chi connectivity index (χ0) is 27.8. The van der Waals surface area contributed by atoms with E-state index in [4.69, 9.17) is 38.7 Å². The van der Waals surface area contributed by atoms with Gasteiger partial charge in [-0.25, -0.2) is 9.13 Å². The van der Waals surface area contributed by atoms with Gasteiger partial charge in [0.05, 0.1) is 12.7 Å². The van der Waals surface area contributed by atoms with Crippen LogP contribution in [-0.2, 0) is 36.7 Å². The Bertz CT molecular complexity index is 779. The zero-order valence-electron chi connectivity index (χ0n) is 22.2. The topological polar surface area (TPSA) is 150 Å². The average molecular weight is 566 g/mol. The summed E-state index contributed by atoms with van der Waals surface area (Å²) in [6.07, 6.45) is 2.28. The second-order valence-corrected chi connectivity index (χ2v) is 12.7. The molecule has 2 heterocycles. The first-order valence-corrected chi connectivity index (χ1v) is 16.1. The molecule has 0 bridgehead atoms. The number of unbranched alkanes of at least 4 members (excludes halogenated alkanes) is 1. The second-order valence-electron chi connectivity index (χ2n) is 9.77. The van der Waals surface area contributed by atoms with E-state index < -0.39 is 64.8 Å². The predicted octanol–water partition coefficient (Wildman–Crippen LogP) is 3.18. The van der Waals surface area contributed by atoms with E-state index in [2.05, 4.69) is 18.4 Å². The van der Waals surface area contributed by atoms with E-state index in [1.807, 2.05) is 6.92 Å². The standard InChI is InChI=1S/C22H42B2O11P2/c1-5-8-10-14(9-6-2)11-12-15-19(16(7-3)32-21(15)23)34-37(28,29)31-13-17-20(18(25)22(24)33-17)35-36(26,27)30-4/h14-22,25H,5-13H2,1-4H3,(H,26,27)(H,28,29)/t14-,15-,16+,17+,18-,19?,20?,21+,22+/m0/s1. The summed E-state index contributed by atoms with van der Waals surface area (Å²) in [5.74, 6) is 0.239. The molecule has 2 rings (SSSR count). The lowest BCUT2D eigenvalue weighted by atomic mass is 9.79. The van der Waals surface area contributed by atoms with Gasteiger partial charge in [-0.3, -0.25) is 18.1 Å². The molecule has 15 heteroatoms. The second kappa shape index (κ2) is 15.3. The van der Waals surface area contributed by atoms with Crippen LogP contribution in [0.15, 0.2) is 0 Å². The molecular formula is C22H42B2O11P2. The van der Waals surface area contributed by atoms with Gasteiger partial charge in [0.15, 0.2) is 0 Å². The summed E-state index contributed by atoms with van der Waals surface area (Å²) in [5, 5.41) is 10.2. The van der Waals surface area contributed by atoms with E-state index >= 15 is 0 Å². The maximum Gasteiger partial charge on any atom is 0.472 e. The van der Waals surface area contributed by atoms with Crippen molar-refractivity contribution < 1.29 is 51.6 Å². The Labute approximate surface area is 223 Å². The van der Waals surface area contributed by atoms with Crippen LogP contribution in [0.2, 0.25) is 0 Å². The number of phosphoric acid groups is 2. The smallest absolute Gasteiger partial charge is 0.388 e. The molecule has 2 aliphatic heterocycles. The van der Waals surface area contributed by atoms with E-state index in [-0.39, 0.29) is 5.92 Å². The molecule has 11 nitrogen and oxygen atoms in total. The van der Waals surface area contributed by atoms with Crippen molar-refractivity contribution in [2.45, 2.75) is 115 Å². The number of rotatable bonds is 17. The van der Waals surface area contributed by atoms with E-state index in [0.717, 1.165) is 45.6 Å². The maximum absolute atomic E-state index is 12.9. The summed E-state index contributed by atoms with van der Waals surface area (Å²) < 4.78 is 55.9. The largest absolute Gasteiger partial charge is 0.472 e. The number of hydrogen-bond acceptors (Lipinski definition) is 9. The van der Waals surface area contributed by atoms with Gasteiger partial charge in [0, 0.05) is 25.0 Å². The van der Waals surface area contributed by atoms with E-state index in [1.165, 1.54) is 0 Å². The first-order valence-electron chi connectivity index (χ1n) is 13.1. The van der Waals surface area contributed by atoms with Crippen LogP contribution < -0.4 is 0 Å². The minimum Gasteiger partial charge on any atom is -0.388 e. The van der Waals surface area contributed by atoms with Crippen LogP contribution >= 0.6 is 15.6 Å². The van der Waals surface area contributed by atoms with Crippen molar-refractivity contribution in [3.63, 3.8) is 0 Å². The molecule has 212 valence electrons.